The molecule has 0 unspecified atom stereocenters. The van der Waals surface area contributed by atoms with E-state index >= 15 is 0 Å². The van der Waals surface area contributed by atoms with Crippen molar-refractivity contribution < 1.29 is 19.0 Å². The van der Waals surface area contributed by atoms with Crippen LogP contribution in [-0.4, -0.2) is 28.9 Å². The van der Waals surface area contributed by atoms with Crippen molar-refractivity contribution in [1.29, 1.82) is 0 Å². The Labute approximate surface area is 167 Å². The normalized spacial score (nSPS) is 15.0. The van der Waals surface area contributed by atoms with Crippen LogP contribution in [-0.2, 0) is 29.0 Å². The van der Waals surface area contributed by atoms with Gasteiger partial charge < -0.3 is 14.2 Å². The smallest absolute Gasteiger partial charge is 0.312 e. The number of rotatable bonds is 6. The van der Waals surface area contributed by atoms with Crippen molar-refractivity contribution in [1.82, 2.24) is 10.2 Å². The van der Waals surface area contributed by atoms with Crippen LogP contribution in [0.15, 0.2) is 41.2 Å². The summed E-state index contributed by atoms with van der Waals surface area (Å²) in [6.07, 6.45) is 0.914. The topological polar surface area (TPSA) is 90.5 Å². The van der Waals surface area contributed by atoms with Crippen molar-refractivity contribution in [3.63, 3.8) is 0 Å². The van der Waals surface area contributed by atoms with Crippen LogP contribution in [0, 0.1) is 0 Å². The second-order valence-corrected chi connectivity index (χ2v) is 7.02. The average molecular weight is 394 g/mol. The third kappa shape index (κ3) is 3.94. The van der Waals surface area contributed by atoms with Crippen LogP contribution in [0.3, 0.4) is 0 Å². The van der Waals surface area contributed by atoms with Crippen LogP contribution >= 0.6 is 0 Å². The van der Waals surface area contributed by atoms with Gasteiger partial charge in [-0.25, -0.2) is 5.10 Å². The number of aromatic nitrogens is 2. The van der Waals surface area contributed by atoms with E-state index in [1.165, 1.54) is 0 Å². The van der Waals surface area contributed by atoms with Gasteiger partial charge in [0.05, 0.1) is 24.1 Å². The maximum atomic E-state index is 12.4. The van der Waals surface area contributed by atoms with Crippen molar-refractivity contribution in [2.45, 2.75) is 39.4 Å². The van der Waals surface area contributed by atoms with E-state index in [1.807, 2.05) is 26.0 Å². The molecule has 0 saturated heterocycles. The lowest BCUT2D eigenvalue weighted by molar-refractivity contribution is -0.144. The lowest BCUT2D eigenvalue weighted by Crippen LogP contribution is -2.15. The molecule has 1 aliphatic rings. The number of benzene rings is 2. The van der Waals surface area contributed by atoms with Gasteiger partial charge in [0.25, 0.3) is 5.56 Å². The number of esters is 1. The van der Waals surface area contributed by atoms with Crippen LogP contribution < -0.4 is 15.0 Å². The summed E-state index contributed by atoms with van der Waals surface area (Å²) in [6, 6.07) is 10.9. The van der Waals surface area contributed by atoms with Crippen molar-refractivity contribution in [2.75, 3.05) is 6.61 Å². The molecule has 2 heterocycles. The van der Waals surface area contributed by atoms with E-state index in [0.717, 1.165) is 23.3 Å². The quantitative estimate of drug-likeness (QED) is 0.647. The molecule has 1 aliphatic heterocycles. The Morgan fingerprint density at radius 3 is 2.86 bits per heavy atom. The molecular formula is C22H22N2O5. The number of hydrogen-bond acceptors (Lipinski definition) is 6. The molecular weight excluding hydrogens is 372 g/mol. The summed E-state index contributed by atoms with van der Waals surface area (Å²) in [7, 11) is 0. The van der Waals surface area contributed by atoms with Gasteiger partial charge in [-0.05, 0) is 32.0 Å². The van der Waals surface area contributed by atoms with Gasteiger partial charge in [0.1, 0.15) is 24.2 Å². The Balaban J connectivity index is 1.50. The summed E-state index contributed by atoms with van der Waals surface area (Å²) >= 11 is 0. The monoisotopic (exact) mass is 394 g/mol. The maximum Gasteiger partial charge on any atom is 0.312 e. The number of nitrogens with zero attached hydrogens (tertiary/aromatic N) is 1. The SMILES string of the molecule is CCOc1cc2c(cc1COC(=O)Cc1n[nH]c(=O)c3ccccc13)O[C@H](C)C2. The zero-order valence-electron chi connectivity index (χ0n) is 16.4. The summed E-state index contributed by atoms with van der Waals surface area (Å²) in [5.41, 5.74) is 2.04. The second kappa shape index (κ2) is 7.95. The minimum Gasteiger partial charge on any atom is -0.493 e. The zero-order chi connectivity index (χ0) is 20.4. The van der Waals surface area contributed by atoms with Crippen LogP contribution in [0.2, 0.25) is 0 Å². The molecule has 4 rings (SSSR count). The van der Waals surface area contributed by atoms with Crippen LogP contribution in [0.5, 0.6) is 11.5 Å². The summed E-state index contributed by atoms with van der Waals surface area (Å²) in [5, 5.41) is 7.59. The van der Waals surface area contributed by atoms with Gasteiger partial charge in [0.15, 0.2) is 0 Å². The fourth-order valence-corrected chi connectivity index (χ4v) is 3.54. The van der Waals surface area contributed by atoms with Gasteiger partial charge in [-0.15, -0.1) is 0 Å². The summed E-state index contributed by atoms with van der Waals surface area (Å²) < 4.78 is 17.0. The highest BCUT2D eigenvalue weighted by molar-refractivity contribution is 5.86. The number of carbonyl (C=O) groups excluding carboxylic acids is 1. The zero-order valence-corrected chi connectivity index (χ0v) is 16.4. The van der Waals surface area contributed by atoms with Gasteiger partial charge in [-0.3, -0.25) is 9.59 Å². The predicted molar refractivity (Wildman–Crippen MR) is 107 cm³/mol. The van der Waals surface area contributed by atoms with Crippen molar-refractivity contribution in [2.24, 2.45) is 0 Å². The molecule has 1 aromatic heterocycles. The average Bonchev–Trinajstić information content (AvgIpc) is 3.07. The Morgan fingerprint density at radius 2 is 2.07 bits per heavy atom. The highest BCUT2D eigenvalue weighted by Crippen LogP contribution is 2.35. The number of nitrogens with one attached hydrogen (secondary N) is 1. The number of fused-ring (bicyclic) bond motifs is 2. The Kier molecular flexibility index (Phi) is 5.20. The van der Waals surface area contributed by atoms with Crippen LogP contribution in [0.4, 0.5) is 0 Å². The lowest BCUT2D eigenvalue weighted by atomic mass is 10.1. The second-order valence-electron chi connectivity index (χ2n) is 7.02. The highest BCUT2D eigenvalue weighted by atomic mass is 16.5. The molecule has 0 spiro atoms. The van der Waals surface area contributed by atoms with E-state index in [4.69, 9.17) is 14.2 Å². The van der Waals surface area contributed by atoms with E-state index in [9.17, 15) is 9.59 Å². The number of aromatic amines is 1. The van der Waals surface area contributed by atoms with Gasteiger partial charge >= 0.3 is 5.97 Å². The molecule has 0 radical (unpaired) electrons. The van der Waals surface area contributed by atoms with Gasteiger partial charge in [0.2, 0.25) is 0 Å². The van der Waals surface area contributed by atoms with E-state index in [0.29, 0.717) is 28.8 Å². The number of ether oxygens (including phenoxy) is 3. The molecule has 3 aromatic rings. The predicted octanol–water partition coefficient (Wildman–Crippen LogP) is 2.93. The fraction of sp³-hybridized carbons (Fsp3) is 0.318. The molecule has 7 heteroatoms. The molecule has 1 atom stereocenters. The van der Waals surface area contributed by atoms with Crippen molar-refractivity contribution >= 4 is 16.7 Å². The minimum absolute atomic E-state index is 0.0419. The first kappa shape index (κ1) is 19.0. The van der Waals surface area contributed by atoms with E-state index in [1.54, 1.807) is 24.3 Å². The van der Waals surface area contributed by atoms with Crippen molar-refractivity contribution in [3.8, 4) is 11.5 Å². The van der Waals surface area contributed by atoms with E-state index < -0.39 is 5.97 Å². The molecule has 1 N–H and O–H groups in total. The number of carbonyl (C=O) groups is 1. The van der Waals surface area contributed by atoms with E-state index in [2.05, 4.69) is 10.2 Å². The third-order valence-corrected chi connectivity index (χ3v) is 4.85. The third-order valence-electron chi connectivity index (χ3n) is 4.85. The molecule has 0 aliphatic carbocycles. The highest BCUT2D eigenvalue weighted by Gasteiger charge is 2.22. The van der Waals surface area contributed by atoms with Gasteiger partial charge in [-0.1, -0.05) is 18.2 Å². The Morgan fingerprint density at radius 1 is 1.28 bits per heavy atom. The Bertz CT molecular complexity index is 1120. The van der Waals surface area contributed by atoms with E-state index in [-0.39, 0.29) is 24.7 Å². The number of hydrogen-bond donors (Lipinski definition) is 1. The molecule has 2 aromatic carbocycles. The Hall–Kier alpha value is -3.35. The molecule has 0 amide bonds. The van der Waals surface area contributed by atoms with Crippen LogP contribution in [0.1, 0.15) is 30.7 Å². The summed E-state index contributed by atoms with van der Waals surface area (Å²) in [6.45, 7) is 4.51. The van der Waals surface area contributed by atoms with Crippen LogP contribution in [0.25, 0.3) is 10.8 Å². The minimum atomic E-state index is -0.438. The number of H-pyrrole nitrogens is 1. The molecule has 29 heavy (non-hydrogen) atoms. The molecule has 0 fully saturated rings. The molecule has 0 bridgehead atoms. The molecule has 0 saturated carbocycles. The maximum absolute atomic E-state index is 12.4. The first-order valence-electron chi connectivity index (χ1n) is 9.62. The largest absolute Gasteiger partial charge is 0.493 e. The standard InChI is InChI=1S/C22H22N2O5/c1-3-27-19-9-14-8-13(2)29-20(14)10-15(19)12-28-21(25)11-18-16-6-4-5-7-17(16)22(26)24-23-18/h4-7,9-10,13H,3,8,11-12H2,1-2H3,(H,24,26)/t13-/m1/s1. The first-order chi connectivity index (χ1) is 14.0. The summed E-state index contributed by atoms with van der Waals surface area (Å²) in [5.74, 6) is 1.07. The fourth-order valence-electron chi connectivity index (χ4n) is 3.54. The first-order valence-corrected chi connectivity index (χ1v) is 9.62. The van der Waals surface area contributed by atoms with Gasteiger partial charge in [-0.2, -0.15) is 5.10 Å². The lowest BCUT2D eigenvalue weighted by Gasteiger charge is -2.13. The molecule has 7 nitrogen and oxygen atoms in total. The van der Waals surface area contributed by atoms with Crippen molar-refractivity contribution in [3.05, 3.63) is 63.6 Å². The summed E-state index contributed by atoms with van der Waals surface area (Å²) in [4.78, 5) is 24.3. The van der Waals surface area contributed by atoms with Gasteiger partial charge in [0, 0.05) is 22.9 Å². The molecule has 150 valence electrons.